The van der Waals surface area contributed by atoms with Crippen LogP contribution in [-0.4, -0.2) is 97.0 Å². The number of carbonyl (C=O) groups excluding carboxylic acids is 4. The average molecular weight is 619 g/mol. The predicted octanol–water partition coefficient (Wildman–Crippen LogP) is 1.09. The number of fused-ring (bicyclic) bond motifs is 3. The number of Topliss-reactive ketones (excluding diaryl/α,β-unsaturated/α-hetero) is 2. The van der Waals surface area contributed by atoms with Gasteiger partial charge in [0.05, 0.1) is 25.3 Å². The smallest absolute Gasteiger partial charge is 0.198 e. The summed E-state index contributed by atoms with van der Waals surface area (Å²) in [5, 5.41) is 75.3. The molecule has 0 spiro atoms. The first-order valence-electron chi connectivity index (χ1n) is 13.5. The molecular weight excluding hydrogens is 592 g/mol. The SMILES string of the molecule is COc1cc(O)c2c(c1-c1c(OC)cc(O)c3c1C(=O)c1cc(C)c(O)cc1C3=O)C(=O)C1=C(C2=O)[C@H](O)[C@@H](O)[C@@](C)(O)[C@@H]1O. The van der Waals surface area contributed by atoms with E-state index >= 15 is 0 Å². The Morgan fingerprint density at radius 3 is 1.60 bits per heavy atom. The highest BCUT2D eigenvalue weighted by Gasteiger charge is 2.56. The lowest BCUT2D eigenvalue weighted by Gasteiger charge is -2.44. The quantitative estimate of drug-likeness (QED) is 0.171. The molecule has 3 aliphatic carbocycles. The van der Waals surface area contributed by atoms with Crippen molar-refractivity contribution in [3.05, 3.63) is 74.4 Å². The number of phenolic OH excluding ortho intramolecular Hbond substituents is 3. The van der Waals surface area contributed by atoms with Crippen molar-refractivity contribution in [1.82, 2.24) is 0 Å². The van der Waals surface area contributed by atoms with E-state index in [1.165, 1.54) is 20.1 Å². The summed E-state index contributed by atoms with van der Waals surface area (Å²) in [6.07, 6.45) is -6.43. The van der Waals surface area contributed by atoms with Crippen molar-refractivity contribution < 1.29 is 64.4 Å². The lowest BCUT2D eigenvalue weighted by atomic mass is 9.67. The topological polar surface area (TPSA) is 228 Å². The Morgan fingerprint density at radius 1 is 0.622 bits per heavy atom. The molecule has 0 unspecified atom stereocenters. The number of hydrogen-bond acceptors (Lipinski definition) is 13. The first-order chi connectivity index (χ1) is 21.1. The fourth-order valence-electron chi connectivity index (χ4n) is 6.37. The zero-order valence-electron chi connectivity index (χ0n) is 24.1. The summed E-state index contributed by atoms with van der Waals surface area (Å²) in [6.45, 7) is 2.45. The molecule has 0 heterocycles. The number of hydrogen-bond donors (Lipinski definition) is 7. The average Bonchev–Trinajstić information content (AvgIpc) is 2.99. The van der Waals surface area contributed by atoms with Gasteiger partial charge in [0.2, 0.25) is 0 Å². The lowest BCUT2D eigenvalue weighted by molar-refractivity contribution is -0.158. The number of aromatic hydroxyl groups is 3. The molecule has 45 heavy (non-hydrogen) atoms. The van der Waals surface area contributed by atoms with Crippen LogP contribution in [-0.2, 0) is 0 Å². The first-order valence-corrected chi connectivity index (χ1v) is 13.5. The summed E-state index contributed by atoms with van der Waals surface area (Å²) in [5.74, 6) is -6.34. The number of methoxy groups -OCH3 is 2. The number of benzene rings is 3. The van der Waals surface area contributed by atoms with Gasteiger partial charge in [-0.25, -0.2) is 0 Å². The van der Waals surface area contributed by atoms with Gasteiger partial charge in [0.1, 0.15) is 52.7 Å². The van der Waals surface area contributed by atoms with Crippen molar-refractivity contribution in [1.29, 1.82) is 0 Å². The number of aliphatic hydroxyl groups excluding tert-OH is 3. The van der Waals surface area contributed by atoms with Gasteiger partial charge in [-0.3, -0.25) is 19.2 Å². The first kappa shape index (κ1) is 30.0. The molecule has 0 saturated carbocycles. The molecule has 3 aromatic carbocycles. The molecule has 13 nitrogen and oxygen atoms in total. The highest BCUT2D eigenvalue weighted by Crippen LogP contribution is 2.53. The molecule has 0 radical (unpaired) electrons. The second-order valence-corrected chi connectivity index (χ2v) is 11.3. The molecule has 6 rings (SSSR count). The van der Waals surface area contributed by atoms with Crippen LogP contribution in [0.2, 0.25) is 0 Å². The van der Waals surface area contributed by atoms with Crippen LogP contribution in [0.3, 0.4) is 0 Å². The van der Waals surface area contributed by atoms with Gasteiger partial charge in [0.15, 0.2) is 23.1 Å². The third kappa shape index (κ3) is 3.75. The van der Waals surface area contributed by atoms with Gasteiger partial charge in [0, 0.05) is 56.7 Å². The largest absolute Gasteiger partial charge is 0.508 e. The van der Waals surface area contributed by atoms with Gasteiger partial charge in [-0.15, -0.1) is 0 Å². The van der Waals surface area contributed by atoms with Crippen LogP contribution < -0.4 is 9.47 Å². The van der Waals surface area contributed by atoms with Crippen LogP contribution in [0.4, 0.5) is 0 Å². The fourth-order valence-corrected chi connectivity index (χ4v) is 6.37. The van der Waals surface area contributed by atoms with Crippen molar-refractivity contribution in [2.24, 2.45) is 0 Å². The minimum absolute atomic E-state index is 0.147. The van der Waals surface area contributed by atoms with E-state index in [0.717, 1.165) is 32.2 Å². The number of aryl methyl sites for hydroxylation is 1. The molecule has 0 fully saturated rings. The van der Waals surface area contributed by atoms with E-state index in [1.54, 1.807) is 0 Å². The van der Waals surface area contributed by atoms with Crippen LogP contribution in [0.25, 0.3) is 11.1 Å². The number of ether oxygens (including phenoxy) is 2. The van der Waals surface area contributed by atoms with Crippen molar-refractivity contribution in [3.63, 3.8) is 0 Å². The third-order valence-electron chi connectivity index (χ3n) is 8.76. The van der Waals surface area contributed by atoms with Crippen molar-refractivity contribution in [2.75, 3.05) is 14.2 Å². The van der Waals surface area contributed by atoms with Crippen LogP contribution in [0.1, 0.15) is 65.0 Å². The number of aliphatic hydroxyl groups is 4. The fraction of sp³-hybridized carbons (Fsp3) is 0.250. The molecule has 0 aromatic heterocycles. The molecular formula is C32H26O13. The van der Waals surface area contributed by atoms with Crippen molar-refractivity contribution in [3.8, 4) is 39.9 Å². The summed E-state index contributed by atoms with van der Waals surface area (Å²) in [7, 11) is 2.32. The van der Waals surface area contributed by atoms with Gasteiger partial charge in [0.25, 0.3) is 0 Å². The molecule has 7 N–H and O–H groups in total. The van der Waals surface area contributed by atoms with Gasteiger partial charge >= 0.3 is 0 Å². The van der Waals surface area contributed by atoms with E-state index in [-0.39, 0.29) is 45.1 Å². The molecule has 0 amide bonds. The van der Waals surface area contributed by atoms with Crippen molar-refractivity contribution >= 4 is 23.1 Å². The summed E-state index contributed by atoms with van der Waals surface area (Å²) >= 11 is 0. The molecule has 0 aliphatic heterocycles. The summed E-state index contributed by atoms with van der Waals surface area (Å²) in [5.41, 5.74) is -7.04. The minimum Gasteiger partial charge on any atom is -0.508 e. The van der Waals surface area contributed by atoms with Gasteiger partial charge in [-0.05, 0) is 31.5 Å². The number of ketones is 4. The van der Waals surface area contributed by atoms with Crippen LogP contribution in [0, 0.1) is 6.92 Å². The van der Waals surface area contributed by atoms with Crippen LogP contribution in [0.15, 0.2) is 35.4 Å². The zero-order chi connectivity index (χ0) is 33.0. The minimum atomic E-state index is -2.50. The van der Waals surface area contributed by atoms with Crippen LogP contribution in [0.5, 0.6) is 28.7 Å². The second-order valence-electron chi connectivity index (χ2n) is 11.3. The summed E-state index contributed by atoms with van der Waals surface area (Å²) < 4.78 is 11.0. The Hall–Kier alpha value is -5.08. The molecule has 232 valence electrons. The van der Waals surface area contributed by atoms with E-state index in [1.807, 2.05) is 0 Å². The van der Waals surface area contributed by atoms with Gasteiger partial charge in [-0.2, -0.15) is 0 Å². The Kier molecular flexibility index (Phi) is 6.47. The molecule has 3 aromatic rings. The van der Waals surface area contributed by atoms with E-state index in [9.17, 15) is 54.9 Å². The van der Waals surface area contributed by atoms with E-state index in [4.69, 9.17) is 9.47 Å². The maximum absolute atomic E-state index is 14.3. The maximum atomic E-state index is 14.3. The molecule has 0 bridgehead atoms. The highest BCUT2D eigenvalue weighted by molar-refractivity contribution is 6.35. The summed E-state index contributed by atoms with van der Waals surface area (Å²) in [4.78, 5) is 56.1. The Morgan fingerprint density at radius 2 is 1.07 bits per heavy atom. The Labute approximate surface area is 253 Å². The Balaban J connectivity index is 1.75. The molecule has 4 atom stereocenters. The lowest BCUT2D eigenvalue weighted by Crippen LogP contribution is -2.61. The summed E-state index contributed by atoms with van der Waals surface area (Å²) in [6, 6.07) is 4.31. The van der Waals surface area contributed by atoms with E-state index < -0.39 is 91.9 Å². The molecule has 13 heteroatoms. The van der Waals surface area contributed by atoms with E-state index in [0.29, 0.717) is 0 Å². The number of phenols is 3. The monoisotopic (exact) mass is 618 g/mol. The highest BCUT2D eigenvalue weighted by atomic mass is 16.5. The van der Waals surface area contributed by atoms with Crippen molar-refractivity contribution in [2.45, 2.75) is 37.8 Å². The standard InChI is InChI=1S/C32H26O13/c1-9-5-10-11(6-12(9)33)25(36)17-13(34)7-15(44-3)19(21(17)26(10)37)20-16(45-4)8-14(35)18-22(20)28(39)24-23(27(18)38)29(40)31(42)32(2,43)30(24)41/h5-8,29-31,33-35,40-43H,1-4H3/t29-,30+,31+,32-/m0/s1. The Bertz CT molecular complexity index is 1970. The van der Waals surface area contributed by atoms with Crippen LogP contribution >= 0.6 is 0 Å². The molecule has 3 aliphatic rings. The molecule has 0 saturated heterocycles. The zero-order valence-corrected chi connectivity index (χ0v) is 24.1. The predicted molar refractivity (Wildman–Crippen MR) is 152 cm³/mol. The maximum Gasteiger partial charge on any atom is 0.198 e. The second kappa shape index (κ2) is 9.71. The van der Waals surface area contributed by atoms with Gasteiger partial charge < -0.3 is 45.2 Å². The van der Waals surface area contributed by atoms with E-state index in [2.05, 4.69) is 0 Å². The van der Waals surface area contributed by atoms with Gasteiger partial charge in [-0.1, -0.05) is 0 Å². The third-order valence-corrected chi connectivity index (χ3v) is 8.76. The normalized spacial score (nSPS) is 23.8. The number of carbonyl (C=O) groups is 4. The number of rotatable bonds is 3.